The van der Waals surface area contributed by atoms with Crippen molar-refractivity contribution < 1.29 is 23.3 Å². The van der Waals surface area contributed by atoms with E-state index in [2.05, 4.69) is 14.4 Å². The number of nitrogens with one attached hydrogen (secondary N) is 1. The van der Waals surface area contributed by atoms with Crippen LogP contribution in [-0.4, -0.2) is 26.2 Å². The molecular weight excluding hydrogens is 281 g/mol. The highest BCUT2D eigenvalue weighted by molar-refractivity contribution is 7.45. The second-order valence-corrected chi connectivity index (χ2v) is 4.99. The molecule has 0 spiro atoms. The SMILES string of the molecule is CC.COP(=O)([O-])OCCNC(=O)Cc1ccccc1. The van der Waals surface area contributed by atoms with E-state index in [0.717, 1.165) is 12.7 Å². The molecule has 1 amide bonds. The van der Waals surface area contributed by atoms with E-state index in [-0.39, 0.29) is 25.5 Å². The number of hydrogen-bond donors (Lipinski definition) is 1. The Kier molecular flexibility index (Phi) is 9.94. The number of carbonyl (C=O) groups is 1. The minimum absolute atomic E-state index is 0.112. The number of rotatable bonds is 7. The smallest absolute Gasteiger partial charge is 0.267 e. The molecule has 0 saturated carbocycles. The predicted octanol–water partition coefficient (Wildman–Crippen LogP) is 1.50. The maximum Gasteiger partial charge on any atom is 0.267 e. The van der Waals surface area contributed by atoms with Gasteiger partial charge < -0.3 is 19.3 Å². The summed E-state index contributed by atoms with van der Waals surface area (Å²) in [6, 6.07) is 9.24. The lowest BCUT2D eigenvalue weighted by atomic mass is 10.1. The van der Waals surface area contributed by atoms with Gasteiger partial charge >= 0.3 is 0 Å². The average Bonchev–Trinajstić information content (AvgIpc) is 2.47. The van der Waals surface area contributed by atoms with Gasteiger partial charge in [-0.25, -0.2) is 0 Å². The van der Waals surface area contributed by atoms with Crippen LogP contribution < -0.4 is 10.2 Å². The van der Waals surface area contributed by atoms with Gasteiger partial charge in [-0.05, 0) is 5.56 Å². The van der Waals surface area contributed by atoms with Crippen LogP contribution in [0.15, 0.2) is 30.3 Å². The van der Waals surface area contributed by atoms with Crippen molar-refractivity contribution >= 4 is 13.7 Å². The Morgan fingerprint density at radius 2 is 1.90 bits per heavy atom. The summed E-state index contributed by atoms with van der Waals surface area (Å²) in [4.78, 5) is 22.3. The van der Waals surface area contributed by atoms with Gasteiger partial charge in [0.2, 0.25) is 5.91 Å². The van der Waals surface area contributed by atoms with E-state index >= 15 is 0 Å². The fourth-order valence-corrected chi connectivity index (χ4v) is 1.66. The molecule has 1 unspecified atom stereocenters. The Morgan fingerprint density at radius 3 is 2.45 bits per heavy atom. The first-order valence-corrected chi connectivity index (χ1v) is 7.81. The van der Waals surface area contributed by atoms with E-state index in [1.54, 1.807) is 0 Å². The van der Waals surface area contributed by atoms with Crippen LogP contribution in [0.1, 0.15) is 19.4 Å². The third-order valence-electron chi connectivity index (χ3n) is 2.10. The largest absolute Gasteiger partial charge is 0.756 e. The second kappa shape index (κ2) is 10.6. The lowest BCUT2D eigenvalue weighted by Crippen LogP contribution is -2.28. The molecule has 1 rings (SSSR count). The summed E-state index contributed by atoms with van der Waals surface area (Å²) in [5.41, 5.74) is 0.891. The van der Waals surface area contributed by atoms with Gasteiger partial charge in [0.05, 0.1) is 13.0 Å². The molecule has 0 saturated heterocycles. The second-order valence-electron chi connectivity index (χ2n) is 3.48. The van der Waals surface area contributed by atoms with Crippen molar-refractivity contribution in [2.24, 2.45) is 0 Å². The third-order valence-corrected chi connectivity index (χ3v) is 3.05. The molecule has 20 heavy (non-hydrogen) atoms. The van der Waals surface area contributed by atoms with Crippen molar-refractivity contribution in [3.63, 3.8) is 0 Å². The molecular formula is C13H21NO5P-. The van der Waals surface area contributed by atoms with Crippen molar-refractivity contribution in [1.82, 2.24) is 5.32 Å². The van der Waals surface area contributed by atoms with Gasteiger partial charge in [0.25, 0.3) is 7.82 Å². The summed E-state index contributed by atoms with van der Waals surface area (Å²) in [7, 11) is -3.19. The highest BCUT2D eigenvalue weighted by atomic mass is 31.2. The molecule has 0 aromatic heterocycles. The first-order valence-electron chi connectivity index (χ1n) is 6.35. The van der Waals surface area contributed by atoms with E-state index in [9.17, 15) is 14.3 Å². The van der Waals surface area contributed by atoms with Crippen LogP contribution in [0.2, 0.25) is 0 Å². The molecule has 0 bridgehead atoms. The van der Waals surface area contributed by atoms with Crippen molar-refractivity contribution in [1.29, 1.82) is 0 Å². The molecule has 0 aliphatic carbocycles. The summed E-state index contributed by atoms with van der Waals surface area (Å²) in [5.74, 6) is -0.192. The molecule has 0 radical (unpaired) electrons. The van der Waals surface area contributed by atoms with Crippen LogP contribution in [0.3, 0.4) is 0 Å². The van der Waals surface area contributed by atoms with Crippen LogP contribution in [0.25, 0.3) is 0 Å². The van der Waals surface area contributed by atoms with Gasteiger partial charge in [0.15, 0.2) is 0 Å². The minimum Gasteiger partial charge on any atom is -0.756 e. The van der Waals surface area contributed by atoms with E-state index in [1.807, 2.05) is 44.2 Å². The van der Waals surface area contributed by atoms with Crippen molar-refractivity contribution in [2.45, 2.75) is 20.3 Å². The van der Waals surface area contributed by atoms with E-state index in [0.29, 0.717) is 0 Å². The Balaban J connectivity index is 0.00000172. The number of phosphoric ester groups is 1. The third kappa shape index (κ3) is 8.82. The first-order chi connectivity index (χ1) is 9.53. The maximum absolute atomic E-state index is 11.5. The summed E-state index contributed by atoms with van der Waals surface area (Å²) in [6.07, 6.45) is 0.250. The summed E-state index contributed by atoms with van der Waals surface area (Å²) in [5, 5.41) is 2.55. The molecule has 0 aliphatic rings. The molecule has 1 atom stereocenters. The molecule has 1 aromatic rings. The normalized spacial score (nSPS) is 12.8. The zero-order valence-electron chi connectivity index (χ0n) is 12.0. The predicted molar refractivity (Wildman–Crippen MR) is 75.1 cm³/mol. The van der Waals surface area contributed by atoms with E-state index in [4.69, 9.17) is 0 Å². The first kappa shape index (κ1) is 18.8. The maximum atomic E-state index is 11.5. The number of hydrogen-bond acceptors (Lipinski definition) is 5. The number of phosphoric acid groups is 1. The molecule has 7 heteroatoms. The van der Waals surface area contributed by atoms with Crippen molar-refractivity contribution in [3.8, 4) is 0 Å². The Labute approximate surface area is 119 Å². The summed E-state index contributed by atoms with van der Waals surface area (Å²) >= 11 is 0. The van der Waals surface area contributed by atoms with Crippen LogP contribution in [0, 0.1) is 0 Å². The van der Waals surface area contributed by atoms with E-state index in [1.165, 1.54) is 0 Å². The Hall–Kier alpha value is -1.20. The topological polar surface area (TPSA) is 87.7 Å². The van der Waals surface area contributed by atoms with Crippen LogP contribution in [0.5, 0.6) is 0 Å². The monoisotopic (exact) mass is 302 g/mol. The number of benzene rings is 1. The molecule has 0 fully saturated rings. The average molecular weight is 302 g/mol. The molecule has 1 aromatic carbocycles. The molecule has 114 valence electrons. The van der Waals surface area contributed by atoms with Crippen LogP contribution >= 0.6 is 7.82 Å². The standard InChI is InChI=1S/C11H16NO5P.C2H6/c1-16-18(14,15)17-8-7-12-11(13)9-10-5-3-2-4-6-10;1-2/h2-6H,7-9H2,1H3,(H,12,13)(H,14,15);1-2H3/p-1. The van der Waals surface area contributed by atoms with Gasteiger partial charge in [-0.1, -0.05) is 44.2 Å². The zero-order valence-corrected chi connectivity index (χ0v) is 12.9. The van der Waals surface area contributed by atoms with Gasteiger partial charge in [-0.2, -0.15) is 0 Å². The number of amides is 1. The Bertz CT molecular complexity index is 424. The van der Waals surface area contributed by atoms with E-state index < -0.39 is 7.82 Å². The molecule has 6 nitrogen and oxygen atoms in total. The molecule has 0 heterocycles. The number of carbonyl (C=O) groups excluding carboxylic acids is 1. The summed E-state index contributed by atoms with van der Waals surface area (Å²) in [6.45, 7) is 3.97. The van der Waals surface area contributed by atoms with Crippen molar-refractivity contribution in [3.05, 3.63) is 35.9 Å². The van der Waals surface area contributed by atoms with Gasteiger partial charge in [0.1, 0.15) is 0 Å². The van der Waals surface area contributed by atoms with Gasteiger partial charge in [-0.3, -0.25) is 9.36 Å². The van der Waals surface area contributed by atoms with Gasteiger partial charge in [-0.15, -0.1) is 0 Å². The molecule has 0 aliphatic heterocycles. The van der Waals surface area contributed by atoms with Crippen molar-refractivity contribution in [2.75, 3.05) is 20.3 Å². The fourth-order valence-electron chi connectivity index (χ4n) is 1.24. The minimum atomic E-state index is -4.20. The lowest BCUT2D eigenvalue weighted by molar-refractivity contribution is -0.222. The fraction of sp³-hybridized carbons (Fsp3) is 0.462. The summed E-state index contributed by atoms with van der Waals surface area (Å²) < 4.78 is 19.4. The lowest BCUT2D eigenvalue weighted by Gasteiger charge is -2.20. The van der Waals surface area contributed by atoms with Crippen LogP contribution in [-0.2, 0) is 24.8 Å². The Morgan fingerprint density at radius 1 is 1.30 bits per heavy atom. The highest BCUT2D eigenvalue weighted by Gasteiger charge is 2.06. The highest BCUT2D eigenvalue weighted by Crippen LogP contribution is 2.36. The zero-order chi connectivity index (χ0) is 15.4. The van der Waals surface area contributed by atoms with Crippen LogP contribution in [0.4, 0.5) is 0 Å². The molecule has 1 N–H and O–H groups in total. The van der Waals surface area contributed by atoms with Gasteiger partial charge in [0, 0.05) is 13.7 Å². The quantitative estimate of drug-likeness (QED) is 0.609.